The monoisotopic (exact) mass is 252 g/mol. The number of carbonyl (C=O) groups excluding carboxylic acids is 1. The highest BCUT2D eigenvalue weighted by molar-refractivity contribution is 5.80. The Morgan fingerprint density at radius 2 is 1.16 bits per heavy atom. The molecule has 0 unspecified atom stereocenters. The first kappa shape index (κ1) is 12.1. The average Bonchev–Trinajstić information content (AvgIpc) is 2.48. The summed E-state index contributed by atoms with van der Waals surface area (Å²) in [5, 5.41) is 0. The Labute approximate surface area is 113 Å². The second-order valence-corrected chi connectivity index (χ2v) is 4.88. The van der Waals surface area contributed by atoms with Crippen LogP contribution < -0.4 is 0 Å². The molecule has 0 aliphatic carbocycles. The van der Waals surface area contributed by atoms with Crippen LogP contribution in [0.15, 0.2) is 60.7 Å². The van der Waals surface area contributed by atoms with Crippen molar-refractivity contribution in [2.75, 3.05) is 0 Å². The van der Waals surface area contributed by atoms with Crippen LogP contribution in [0.3, 0.4) is 0 Å². The molecule has 1 aliphatic heterocycles. The lowest BCUT2D eigenvalue weighted by molar-refractivity contribution is -0.136. The van der Waals surface area contributed by atoms with Crippen LogP contribution in [0, 0.1) is 0 Å². The molecule has 2 aromatic rings. The number of benzene rings is 2. The standard InChI is InChI=1S/C17H16O2/c18-15-11-16(13-7-3-1-4-8-13)19-17(12-15)14-9-5-2-6-10-14/h1-10,16-17H,11-12H2/t16-,17-/m1/s1. The van der Waals surface area contributed by atoms with Gasteiger partial charge in [0.15, 0.2) is 0 Å². The molecule has 0 amide bonds. The van der Waals surface area contributed by atoms with Crippen molar-refractivity contribution in [3.8, 4) is 0 Å². The number of hydrogen-bond acceptors (Lipinski definition) is 2. The molecule has 2 aromatic carbocycles. The highest BCUT2D eigenvalue weighted by atomic mass is 16.5. The molecule has 3 rings (SSSR count). The number of hydrogen-bond donors (Lipinski definition) is 0. The molecule has 0 saturated carbocycles. The number of Topliss-reactive ketones (excluding diaryl/α,β-unsaturated/α-hetero) is 1. The zero-order valence-electron chi connectivity index (χ0n) is 10.7. The summed E-state index contributed by atoms with van der Waals surface area (Å²) in [6, 6.07) is 20.0. The van der Waals surface area contributed by atoms with Gasteiger partial charge in [0.05, 0.1) is 12.2 Å². The van der Waals surface area contributed by atoms with Crippen LogP contribution in [0.2, 0.25) is 0 Å². The second-order valence-electron chi connectivity index (χ2n) is 4.88. The minimum Gasteiger partial charge on any atom is -0.365 e. The summed E-state index contributed by atoms with van der Waals surface area (Å²) < 4.78 is 6.11. The Balaban J connectivity index is 1.84. The number of ketones is 1. The first-order chi connectivity index (χ1) is 9.33. The molecule has 1 fully saturated rings. The van der Waals surface area contributed by atoms with Gasteiger partial charge in [0.1, 0.15) is 5.78 Å². The summed E-state index contributed by atoms with van der Waals surface area (Å²) in [5.74, 6) is 0.272. The van der Waals surface area contributed by atoms with Gasteiger partial charge in [-0.3, -0.25) is 4.79 Å². The summed E-state index contributed by atoms with van der Waals surface area (Å²) in [6.45, 7) is 0. The highest BCUT2D eigenvalue weighted by Crippen LogP contribution is 2.36. The smallest absolute Gasteiger partial charge is 0.138 e. The zero-order valence-corrected chi connectivity index (χ0v) is 10.7. The van der Waals surface area contributed by atoms with Gasteiger partial charge >= 0.3 is 0 Å². The maximum atomic E-state index is 12.0. The fraction of sp³-hybridized carbons (Fsp3) is 0.235. The fourth-order valence-electron chi connectivity index (χ4n) is 2.52. The third-order valence-corrected chi connectivity index (χ3v) is 3.50. The average molecular weight is 252 g/mol. The maximum Gasteiger partial charge on any atom is 0.138 e. The van der Waals surface area contributed by atoms with Crippen LogP contribution in [-0.4, -0.2) is 5.78 Å². The van der Waals surface area contributed by atoms with Crippen LogP contribution in [0.4, 0.5) is 0 Å². The van der Waals surface area contributed by atoms with E-state index in [1.165, 1.54) is 0 Å². The third kappa shape index (κ3) is 2.74. The van der Waals surface area contributed by atoms with Gasteiger partial charge in [0, 0.05) is 12.8 Å². The van der Waals surface area contributed by atoms with Gasteiger partial charge in [-0.05, 0) is 11.1 Å². The quantitative estimate of drug-likeness (QED) is 0.811. The summed E-state index contributed by atoms with van der Waals surface area (Å²) in [4.78, 5) is 12.0. The number of ether oxygens (including phenoxy) is 1. The van der Waals surface area contributed by atoms with Crippen LogP contribution in [-0.2, 0) is 9.53 Å². The Hall–Kier alpha value is -1.93. The van der Waals surface area contributed by atoms with Gasteiger partial charge in [0.2, 0.25) is 0 Å². The minimum absolute atomic E-state index is 0.118. The summed E-state index contributed by atoms with van der Waals surface area (Å²) in [5.41, 5.74) is 2.16. The van der Waals surface area contributed by atoms with Gasteiger partial charge in [-0.15, -0.1) is 0 Å². The summed E-state index contributed by atoms with van der Waals surface area (Å²) in [6.07, 6.45) is 0.723. The molecule has 0 N–H and O–H groups in total. The lowest BCUT2D eigenvalue weighted by Gasteiger charge is -2.29. The van der Waals surface area contributed by atoms with Crippen molar-refractivity contribution in [3.05, 3.63) is 71.8 Å². The molecule has 0 aromatic heterocycles. The van der Waals surface area contributed by atoms with Gasteiger partial charge < -0.3 is 4.74 Å². The van der Waals surface area contributed by atoms with Crippen molar-refractivity contribution in [2.45, 2.75) is 25.0 Å². The summed E-state index contributed by atoms with van der Waals surface area (Å²) in [7, 11) is 0. The van der Waals surface area contributed by atoms with E-state index in [0.29, 0.717) is 12.8 Å². The van der Waals surface area contributed by atoms with Crippen molar-refractivity contribution < 1.29 is 9.53 Å². The van der Waals surface area contributed by atoms with E-state index in [9.17, 15) is 4.79 Å². The first-order valence-corrected chi connectivity index (χ1v) is 6.60. The van der Waals surface area contributed by atoms with E-state index in [1.807, 2.05) is 60.7 Å². The number of carbonyl (C=O) groups is 1. The van der Waals surface area contributed by atoms with Crippen molar-refractivity contribution in [2.24, 2.45) is 0 Å². The molecule has 19 heavy (non-hydrogen) atoms. The molecule has 96 valence electrons. The van der Waals surface area contributed by atoms with E-state index in [-0.39, 0.29) is 18.0 Å². The molecular formula is C17H16O2. The molecule has 1 saturated heterocycles. The topological polar surface area (TPSA) is 26.3 Å². The van der Waals surface area contributed by atoms with Gasteiger partial charge in [0.25, 0.3) is 0 Å². The van der Waals surface area contributed by atoms with Crippen LogP contribution >= 0.6 is 0 Å². The summed E-state index contributed by atoms with van der Waals surface area (Å²) >= 11 is 0. The van der Waals surface area contributed by atoms with E-state index in [1.54, 1.807) is 0 Å². The van der Waals surface area contributed by atoms with E-state index < -0.39 is 0 Å². The third-order valence-electron chi connectivity index (χ3n) is 3.50. The molecule has 1 aliphatic rings. The molecule has 2 heteroatoms. The predicted molar refractivity (Wildman–Crippen MR) is 73.7 cm³/mol. The Bertz CT molecular complexity index is 498. The Morgan fingerprint density at radius 1 is 0.737 bits per heavy atom. The van der Waals surface area contributed by atoms with E-state index >= 15 is 0 Å². The van der Waals surface area contributed by atoms with Crippen LogP contribution in [0.25, 0.3) is 0 Å². The highest BCUT2D eigenvalue weighted by Gasteiger charge is 2.29. The lowest BCUT2D eigenvalue weighted by Crippen LogP contribution is -2.23. The second kappa shape index (κ2) is 5.37. The molecule has 0 radical (unpaired) electrons. The molecule has 1 heterocycles. The Kier molecular flexibility index (Phi) is 3.43. The van der Waals surface area contributed by atoms with Crippen LogP contribution in [0.1, 0.15) is 36.2 Å². The first-order valence-electron chi connectivity index (χ1n) is 6.60. The largest absolute Gasteiger partial charge is 0.365 e. The van der Waals surface area contributed by atoms with Crippen molar-refractivity contribution in [1.82, 2.24) is 0 Å². The predicted octanol–water partition coefficient (Wildman–Crippen LogP) is 3.85. The molecule has 0 spiro atoms. The van der Waals surface area contributed by atoms with Gasteiger partial charge in [-0.2, -0.15) is 0 Å². The maximum absolute atomic E-state index is 12.0. The van der Waals surface area contributed by atoms with Crippen molar-refractivity contribution in [3.63, 3.8) is 0 Å². The van der Waals surface area contributed by atoms with Crippen molar-refractivity contribution >= 4 is 5.78 Å². The minimum atomic E-state index is -0.118. The molecule has 0 bridgehead atoms. The van der Waals surface area contributed by atoms with E-state index in [2.05, 4.69) is 0 Å². The number of rotatable bonds is 2. The SMILES string of the molecule is O=C1C[C@H](c2ccccc2)O[C@@H](c2ccccc2)C1. The zero-order chi connectivity index (χ0) is 13.1. The van der Waals surface area contributed by atoms with Gasteiger partial charge in [-0.1, -0.05) is 60.7 Å². The fourth-order valence-corrected chi connectivity index (χ4v) is 2.52. The Morgan fingerprint density at radius 3 is 1.58 bits per heavy atom. The van der Waals surface area contributed by atoms with Crippen LogP contribution in [0.5, 0.6) is 0 Å². The molecule has 2 nitrogen and oxygen atoms in total. The van der Waals surface area contributed by atoms with Gasteiger partial charge in [-0.25, -0.2) is 0 Å². The van der Waals surface area contributed by atoms with E-state index in [0.717, 1.165) is 11.1 Å². The molecular weight excluding hydrogens is 236 g/mol. The van der Waals surface area contributed by atoms with E-state index in [4.69, 9.17) is 4.74 Å². The van der Waals surface area contributed by atoms with Crippen molar-refractivity contribution in [1.29, 1.82) is 0 Å². The normalized spacial score (nSPS) is 23.3. The molecule has 2 atom stereocenters. The lowest BCUT2D eigenvalue weighted by atomic mass is 9.94.